The monoisotopic (exact) mass is 346 g/mol. The van der Waals surface area contributed by atoms with E-state index in [1.54, 1.807) is 27.2 Å². The van der Waals surface area contributed by atoms with E-state index in [-0.39, 0.29) is 17.8 Å². The SMILES string of the molecule is COC1CCC(Nc2ncc(-c3c(C)noc3C)cc2[N+](=O)[O-])CC1. The van der Waals surface area contributed by atoms with Crippen LogP contribution in [-0.2, 0) is 4.74 Å². The van der Waals surface area contributed by atoms with E-state index in [4.69, 9.17) is 9.26 Å². The largest absolute Gasteiger partial charge is 0.381 e. The van der Waals surface area contributed by atoms with Crippen LogP contribution in [0.1, 0.15) is 37.1 Å². The van der Waals surface area contributed by atoms with Crippen molar-refractivity contribution in [2.75, 3.05) is 12.4 Å². The molecule has 134 valence electrons. The van der Waals surface area contributed by atoms with Gasteiger partial charge in [0.05, 0.1) is 16.7 Å². The molecule has 8 heteroatoms. The summed E-state index contributed by atoms with van der Waals surface area (Å²) >= 11 is 0. The third-order valence-corrected chi connectivity index (χ3v) is 4.73. The molecule has 25 heavy (non-hydrogen) atoms. The lowest BCUT2D eigenvalue weighted by molar-refractivity contribution is -0.384. The summed E-state index contributed by atoms with van der Waals surface area (Å²) in [7, 11) is 1.72. The summed E-state index contributed by atoms with van der Waals surface area (Å²) < 4.78 is 10.5. The number of nitrogens with one attached hydrogen (secondary N) is 1. The third-order valence-electron chi connectivity index (χ3n) is 4.73. The highest BCUT2D eigenvalue weighted by Gasteiger charge is 2.25. The number of aromatic nitrogens is 2. The maximum absolute atomic E-state index is 11.5. The molecule has 1 aliphatic carbocycles. The van der Waals surface area contributed by atoms with Gasteiger partial charge in [-0.3, -0.25) is 10.1 Å². The van der Waals surface area contributed by atoms with Gasteiger partial charge in [0.25, 0.3) is 0 Å². The first-order valence-electron chi connectivity index (χ1n) is 8.36. The molecule has 3 rings (SSSR count). The van der Waals surface area contributed by atoms with Gasteiger partial charge in [0.15, 0.2) is 0 Å². The number of nitro groups is 1. The zero-order valence-corrected chi connectivity index (χ0v) is 14.6. The molecule has 0 atom stereocenters. The van der Waals surface area contributed by atoms with Crippen molar-refractivity contribution >= 4 is 11.5 Å². The van der Waals surface area contributed by atoms with Gasteiger partial charge < -0.3 is 14.6 Å². The number of ether oxygens (including phenoxy) is 1. The number of nitrogens with zero attached hydrogens (tertiary/aromatic N) is 3. The Balaban J connectivity index is 1.84. The average Bonchev–Trinajstić information content (AvgIpc) is 2.94. The van der Waals surface area contributed by atoms with Gasteiger partial charge in [-0.05, 0) is 39.5 Å². The number of hydrogen-bond donors (Lipinski definition) is 1. The van der Waals surface area contributed by atoms with Crippen molar-refractivity contribution in [1.29, 1.82) is 0 Å². The molecule has 0 saturated heterocycles. The van der Waals surface area contributed by atoms with E-state index < -0.39 is 4.92 Å². The zero-order chi connectivity index (χ0) is 18.0. The van der Waals surface area contributed by atoms with Crippen LogP contribution in [0.15, 0.2) is 16.8 Å². The van der Waals surface area contributed by atoms with E-state index >= 15 is 0 Å². The smallest absolute Gasteiger partial charge is 0.311 e. The maximum Gasteiger partial charge on any atom is 0.311 e. The highest BCUT2D eigenvalue weighted by Crippen LogP contribution is 2.33. The van der Waals surface area contributed by atoms with Gasteiger partial charge >= 0.3 is 5.69 Å². The summed E-state index contributed by atoms with van der Waals surface area (Å²) in [5.41, 5.74) is 2.04. The van der Waals surface area contributed by atoms with Crippen molar-refractivity contribution in [3.05, 3.63) is 33.8 Å². The van der Waals surface area contributed by atoms with Crippen molar-refractivity contribution in [2.45, 2.75) is 51.7 Å². The van der Waals surface area contributed by atoms with E-state index in [9.17, 15) is 10.1 Å². The molecule has 8 nitrogen and oxygen atoms in total. The number of hydrogen-bond acceptors (Lipinski definition) is 7. The number of aryl methyl sites for hydroxylation is 2. The Morgan fingerprint density at radius 2 is 2.04 bits per heavy atom. The molecule has 2 heterocycles. The minimum absolute atomic E-state index is 0.0358. The first-order valence-corrected chi connectivity index (χ1v) is 8.36. The number of methoxy groups -OCH3 is 1. The molecule has 0 radical (unpaired) electrons. The van der Waals surface area contributed by atoms with Crippen molar-refractivity contribution in [3.8, 4) is 11.1 Å². The number of anilines is 1. The summed E-state index contributed by atoms with van der Waals surface area (Å²) in [4.78, 5) is 15.4. The quantitative estimate of drug-likeness (QED) is 0.651. The first-order chi connectivity index (χ1) is 12.0. The van der Waals surface area contributed by atoms with Crippen LogP contribution in [0.3, 0.4) is 0 Å². The Kier molecular flexibility index (Phi) is 4.98. The predicted octanol–water partition coefficient (Wildman–Crippen LogP) is 3.63. The van der Waals surface area contributed by atoms with E-state index in [0.717, 1.165) is 31.2 Å². The standard InChI is InChI=1S/C17H22N4O4/c1-10-16(11(2)25-20-10)12-8-15(21(22)23)17(18-9-12)19-13-4-6-14(24-3)7-5-13/h8-9,13-14H,4-7H2,1-3H3,(H,18,19). The first kappa shape index (κ1) is 17.3. The molecule has 0 aromatic carbocycles. The Morgan fingerprint density at radius 3 is 2.60 bits per heavy atom. The molecule has 1 saturated carbocycles. The molecular weight excluding hydrogens is 324 g/mol. The van der Waals surface area contributed by atoms with E-state index in [1.807, 2.05) is 0 Å². The van der Waals surface area contributed by atoms with Crippen LogP contribution in [0.4, 0.5) is 11.5 Å². The Labute approximate surface area is 145 Å². The number of pyridine rings is 1. The minimum Gasteiger partial charge on any atom is -0.381 e. The molecule has 0 bridgehead atoms. The molecule has 0 aliphatic heterocycles. The number of rotatable bonds is 5. The third kappa shape index (κ3) is 3.63. The second-order valence-electron chi connectivity index (χ2n) is 6.40. The summed E-state index contributed by atoms with van der Waals surface area (Å²) in [6, 6.07) is 1.70. The van der Waals surface area contributed by atoms with E-state index in [0.29, 0.717) is 22.8 Å². The average molecular weight is 346 g/mol. The summed E-state index contributed by atoms with van der Waals surface area (Å²) in [6.45, 7) is 3.58. The van der Waals surface area contributed by atoms with Gasteiger partial charge in [0.1, 0.15) is 5.76 Å². The molecule has 2 aromatic rings. The fourth-order valence-electron chi connectivity index (χ4n) is 3.37. The van der Waals surface area contributed by atoms with Gasteiger partial charge in [0.2, 0.25) is 5.82 Å². The fraction of sp³-hybridized carbons (Fsp3) is 0.529. The molecule has 0 spiro atoms. The highest BCUT2D eigenvalue weighted by atomic mass is 16.6. The minimum atomic E-state index is -0.405. The predicted molar refractivity (Wildman–Crippen MR) is 92.5 cm³/mol. The van der Waals surface area contributed by atoms with Crippen molar-refractivity contribution in [2.24, 2.45) is 0 Å². The molecule has 2 aromatic heterocycles. The zero-order valence-electron chi connectivity index (χ0n) is 14.6. The molecular formula is C17H22N4O4. The topological polar surface area (TPSA) is 103 Å². The lowest BCUT2D eigenvalue weighted by atomic mass is 9.93. The molecule has 0 amide bonds. The van der Waals surface area contributed by atoms with Crippen molar-refractivity contribution in [1.82, 2.24) is 10.1 Å². The van der Waals surface area contributed by atoms with Gasteiger partial charge in [0, 0.05) is 36.5 Å². The molecule has 0 unspecified atom stereocenters. The van der Waals surface area contributed by atoms with Crippen LogP contribution >= 0.6 is 0 Å². The van der Waals surface area contributed by atoms with Crippen LogP contribution in [-0.4, -0.2) is 34.3 Å². The van der Waals surface area contributed by atoms with Crippen molar-refractivity contribution in [3.63, 3.8) is 0 Å². The maximum atomic E-state index is 11.5. The molecule has 1 N–H and O–H groups in total. The highest BCUT2D eigenvalue weighted by molar-refractivity contribution is 5.72. The van der Waals surface area contributed by atoms with Crippen LogP contribution in [0.2, 0.25) is 0 Å². The summed E-state index contributed by atoms with van der Waals surface area (Å²) in [5, 5.41) is 18.6. The van der Waals surface area contributed by atoms with E-state index in [2.05, 4.69) is 15.5 Å². The Morgan fingerprint density at radius 1 is 1.32 bits per heavy atom. The van der Waals surface area contributed by atoms with Gasteiger partial charge in [-0.25, -0.2) is 4.98 Å². The summed E-state index contributed by atoms with van der Waals surface area (Å²) in [6.07, 6.45) is 5.61. The van der Waals surface area contributed by atoms with Crippen molar-refractivity contribution < 1.29 is 14.2 Å². The normalized spacial score (nSPS) is 20.4. The Hall–Kier alpha value is -2.48. The fourth-order valence-corrected chi connectivity index (χ4v) is 3.37. The van der Waals surface area contributed by atoms with Gasteiger partial charge in [-0.15, -0.1) is 0 Å². The second-order valence-corrected chi connectivity index (χ2v) is 6.40. The van der Waals surface area contributed by atoms with Gasteiger partial charge in [-0.2, -0.15) is 0 Å². The lowest BCUT2D eigenvalue weighted by Gasteiger charge is -2.28. The van der Waals surface area contributed by atoms with Crippen LogP contribution < -0.4 is 5.32 Å². The molecule has 1 aliphatic rings. The Bertz CT molecular complexity index is 747. The molecule has 1 fully saturated rings. The van der Waals surface area contributed by atoms with Gasteiger partial charge in [-0.1, -0.05) is 5.16 Å². The van der Waals surface area contributed by atoms with Crippen LogP contribution in [0.5, 0.6) is 0 Å². The lowest BCUT2D eigenvalue weighted by Crippen LogP contribution is -2.29. The second kappa shape index (κ2) is 7.18. The summed E-state index contributed by atoms with van der Waals surface area (Å²) in [5.74, 6) is 0.925. The van der Waals surface area contributed by atoms with Crippen LogP contribution in [0, 0.1) is 24.0 Å². The van der Waals surface area contributed by atoms with Crippen LogP contribution in [0.25, 0.3) is 11.1 Å². The van der Waals surface area contributed by atoms with E-state index in [1.165, 1.54) is 6.07 Å².